The van der Waals surface area contributed by atoms with Gasteiger partial charge in [-0.25, -0.2) is 4.79 Å². The molecular formula is C15H22N2O6S. The van der Waals surface area contributed by atoms with E-state index >= 15 is 0 Å². The van der Waals surface area contributed by atoms with Crippen LogP contribution < -0.4 is 10.6 Å². The third-order valence-corrected chi connectivity index (χ3v) is 3.74. The van der Waals surface area contributed by atoms with Gasteiger partial charge in [-0.1, -0.05) is 12.1 Å². The SMILES string of the molecule is CCNc1ccc(CC(=O)NC(CS(=O)(=O)O)C(=O)OCC)cc1. The molecule has 0 aliphatic rings. The van der Waals surface area contributed by atoms with Crippen molar-refractivity contribution in [2.75, 3.05) is 24.2 Å². The molecule has 9 heteroatoms. The Bertz CT molecular complexity index is 657. The summed E-state index contributed by atoms with van der Waals surface area (Å²) in [5.41, 5.74) is 1.61. The molecule has 3 N–H and O–H groups in total. The van der Waals surface area contributed by atoms with Gasteiger partial charge in [0.05, 0.1) is 13.0 Å². The zero-order valence-corrected chi connectivity index (χ0v) is 14.4. The normalized spacial score (nSPS) is 12.3. The first-order valence-corrected chi connectivity index (χ1v) is 9.10. The Morgan fingerprint density at radius 1 is 1.21 bits per heavy atom. The van der Waals surface area contributed by atoms with Crippen molar-refractivity contribution in [3.05, 3.63) is 29.8 Å². The Morgan fingerprint density at radius 2 is 1.83 bits per heavy atom. The first kappa shape index (κ1) is 19.9. The predicted octanol–water partition coefficient (Wildman–Crippen LogP) is 0.597. The number of carbonyl (C=O) groups is 2. The summed E-state index contributed by atoms with van der Waals surface area (Å²) < 4.78 is 35.6. The molecule has 1 amide bonds. The van der Waals surface area contributed by atoms with E-state index in [2.05, 4.69) is 10.6 Å². The molecule has 0 fully saturated rings. The molecule has 1 aromatic carbocycles. The summed E-state index contributed by atoms with van der Waals surface area (Å²) in [7, 11) is -4.44. The van der Waals surface area contributed by atoms with Crippen LogP contribution in [0.1, 0.15) is 19.4 Å². The van der Waals surface area contributed by atoms with Crippen LogP contribution in [0.2, 0.25) is 0 Å². The first-order chi connectivity index (χ1) is 11.2. The highest BCUT2D eigenvalue weighted by Gasteiger charge is 2.27. The van der Waals surface area contributed by atoms with Gasteiger partial charge in [-0.2, -0.15) is 8.42 Å². The third-order valence-electron chi connectivity index (χ3n) is 2.98. The maximum absolute atomic E-state index is 12.0. The molecule has 1 atom stereocenters. The summed E-state index contributed by atoms with van der Waals surface area (Å²) in [4.78, 5) is 23.7. The molecule has 0 aromatic heterocycles. The summed E-state index contributed by atoms with van der Waals surface area (Å²) in [5.74, 6) is -2.39. The molecule has 0 radical (unpaired) electrons. The fourth-order valence-electron chi connectivity index (χ4n) is 2.00. The van der Waals surface area contributed by atoms with Crippen molar-refractivity contribution >= 4 is 27.7 Å². The van der Waals surface area contributed by atoms with Gasteiger partial charge in [0.1, 0.15) is 11.8 Å². The Morgan fingerprint density at radius 3 is 2.33 bits per heavy atom. The maximum atomic E-state index is 12.0. The van der Waals surface area contributed by atoms with Crippen molar-refractivity contribution in [3.8, 4) is 0 Å². The predicted molar refractivity (Wildman–Crippen MR) is 89.3 cm³/mol. The van der Waals surface area contributed by atoms with Crippen LogP contribution in [0.25, 0.3) is 0 Å². The average molecular weight is 358 g/mol. The Balaban J connectivity index is 2.71. The molecule has 0 spiro atoms. The van der Waals surface area contributed by atoms with Gasteiger partial charge in [0.25, 0.3) is 10.1 Å². The highest BCUT2D eigenvalue weighted by molar-refractivity contribution is 7.85. The van der Waals surface area contributed by atoms with Crippen molar-refractivity contribution in [2.45, 2.75) is 26.3 Å². The van der Waals surface area contributed by atoms with Crippen LogP contribution in [-0.4, -0.2) is 49.8 Å². The van der Waals surface area contributed by atoms with Gasteiger partial charge < -0.3 is 15.4 Å². The number of amides is 1. The van der Waals surface area contributed by atoms with E-state index in [1.54, 1.807) is 19.1 Å². The largest absolute Gasteiger partial charge is 0.464 e. The highest BCUT2D eigenvalue weighted by Crippen LogP contribution is 2.10. The Hall–Kier alpha value is -2.13. The number of carbonyl (C=O) groups excluding carboxylic acids is 2. The Kier molecular flexibility index (Phi) is 7.66. The highest BCUT2D eigenvalue weighted by atomic mass is 32.2. The van der Waals surface area contributed by atoms with E-state index in [1.165, 1.54) is 0 Å². The number of benzene rings is 1. The molecule has 1 aromatic rings. The summed E-state index contributed by atoms with van der Waals surface area (Å²) >= 11 is 0. The molecule has 24 heavy (non-hydrogen) atoms. The van der Waals surface area contributed by atoms with Gasteiger partial charge in [-0.15, -0.1) is 0 Å². The summed E-state index contributed by atoms with van der Waals surface area (Å²) in [6.07, 6.45) is -0.0339. The second kappa shape index (κ2) is 9.24. The van der Waals surface area contributed by atoms with Crippen LogP contribution in [-0.2, 0) is 30.9 Å². The Labute approximate surface area is 141 Å². The smallest absolute Gasteiger partial charge is 0.329 e. The number of anilines is 1. The van der Waals surface area contributed by atoms with E-state index in [9.17, 15) is 18.0 Å². The van der Waals surface area contributed by atoms with Crippen molar-refractivity contribution in [3.63, 3.8) is 0 Å². The molecule has 134 valence electrons. The molecule has 0 heterocycles. The van der Waals surface area contributed by atoms with E-state index in [0.29, 0.717) is 5.56 Å². The number of esters is 1. The zero-order valence-electron chi connectivity index (χ0n) is 13.6. The number of ether oxygens (including phenoxy) is 1. The molecule has 1 rings (SSSR count). The standard InChI is InChI=1S/C15H22N2O6S/c1-3-16-12-7-5-11(6-8-12)9-14(18)17-13(10-24(20,21)22)15(19)23-4-2/h5-8,13,16H,3-4,9-10H2,1-2H3,(H,17,18)(H,20,21,22). The van der Waals surface area contributed by atoms with E-state index in [0.717, 1.165) is 12.2 Å². The van der Waals surface area contributed by atoms with Crippen LogP contribution in [0.15, 0.2) is 24.3 Å². The topological polar surface area (TPSA) is 122 Å². The van der Waals surface area contributed by atoms with Crippen LogP contribution >= 0.6 is 0 Å². The fraction of sp³-hybridized carbons (Fsp3) is 0.467. The number of rotatable bonds is 9. The van der Waals surface area contributed by atoms with Gasteiger partial charge in [0.15, 0.2) is 0 Å². The lowest BCUT2D eigenvalue weighted by Crippen LogP contribution is -2.46. The van der Waals surface area contributed by atoms with E-state index in [1.807, 2.05) is 19.1 Å². The molecule has 1 unspecified atom stereocenters. The molecule has 0 saturated carbocycles. The van der Waals surface area contributed by atoms with Gasteiger partial charge >= 0.3 is 5.97 Å². The van der Waals surface area contributed by atoms with Crippen molar-refractivity contribution in [1.29, 1.82) is 0 Å². The monoisotopic (exact) mass is 358 g/mol. The summed E-state index contributed by atoms with van der Waals surface area (Å²) in [6.45, 7) is 4.32. The lowest BCUT2D eigenvalue weighted by Gasteiger charge is -2.16. The van der Waals surface area contributed by atoms with E-state index in [4.69, 9.17) is 9.29 Å². The third kappa shape index (κ3) is 7.42. The van der Waals surface area contributed by atoms with Crippen LogP contribution in [0.4, 0.5) is 5.69 Å². The quantitative estimate of drug-likeness (QED) is 0.436. The lowest BCUT2D eigenvalue weighted by molar-refractivity contribution is -0.146. The number of hydrogen-bond donors (Lipinski definition) is 3. The molecule has 8 nitrogen and oxygen atoms in total. The second-order valence-electron chi connectivity index (χ2n) is 5.02. The van der Waals surface area contributed by atoms with E-state index in [-0.39, 0.29) is 13.0 Å². The van der Waals surface area contributed by atoms with Gasteiger partial charge in [0.2, 0.25) is 5.91 Å². The minimum Gasteiger partial charge on any atom is -0.464 e. The fourth-order valence-corrected chi connectivity index (χ4v) is 2.64. The molecular weight excluding hydrogens is 336 g/mol. The molecule has 0 bridgehead atoms. The minimum atomic E-state index is -4.44. The second-order valence-corrected chi connectivity index (χ2v) is 6.52. The molecule has 0 saturated heterocycles. The van der Waals surface area contributed by atoms with Crippen LogP contribution in [0, 0.1) is 0 Å². The van der Waals surface area contributed by atoms with Gasteiger partial charge in [-0.05, 0) is 31.5 Å². The molecule has 0 aliphatic heterocycles. The van der Waals surface area contributed by atoms with E-state index < -0.39 is 33.8 Å². The maximum Gasteiger partial charge on any atom is 0.329 e. The minimum absolute atomic E-state index is 0.0303. The van der Waals surface area contributed by atoms with Crippen LogP contribution in [0.5, 0.6) is 0 Å². The summed E-state index contributed by atoms with van der Waals surface area (Å²) in [5, 5.41) is 5.40. The number of nitrogens with one attached hydrogen (secondary N) is 2. The van der Waals surface area contributed by atoms with Gasteiger partial charge in [-0.3, -0.25) is 9.35 Å². The van der Waals surface area contributed by atoms with Crippen LogP contribution in [0.3, 0.4) is 0 Å². The first-order valence-electron chi connectivity index (χ1n) is 7.49. The summed E-state index contributed by atoms with van der Waals surface area (Å²) in [6, 6.07) is 5.67. The van der Waals surface area contributed by atoms with Crippen molar-refractivity contribution < 1.29 is 27.3 Å². The van der Waals surface area contributed by atoms with Crippen molar-refractivity contribution in [2.24, 2.45) is 0 Å². The van der Waals surface area contributed by atoms with Crippen molar-refractivity contribution in [1.82, 2.24) is 5.32 Å². The molecule has 0 aliphatic carbocycles. The number of hydrogen-bond acceptors (Lipinski definition) is 6. The van der Waals surface area contributed by atoms with Gasteiger partial charge in [0, 0.05) is 12.2 Å². The average Bonchev–Trinajstić information content (AvgIpc) is 2.47. The lowest BCUT2D eigenvalue weighted by atomic mass is 10.1. The zero-order chi connectivity index (χ0) is 18.2.